The summed E-state index contributed by atoms with van der Waals surface area (Å²) in [5, 5.41) is 15.7. The second-order valence-electron chi connectivity index (χ2n) is 9.28. The van der Waals surface area contributed by atoms with E-state index in [2.05, 4.69) is 29.2 Å². The van der Waals surface area contributed by atoms with Crippen molar-refractivity contribution >= 4 is 16.7 Å². The lowest BCUT2D eigenvalue weighted by Crippen LogP contribution is -2.44. The van der Waals surface area contributed by atoms with Crippen LogP contribution in [0.2, 0.25) is 0 Å². The molecule has 2 aromatic heterocycles. The molecule has 164 valence electrons. The van der Waals surface area contributed by atoms with E-state index < -0.39 is 0 Å². The summed E-state index contributed by atoms with van der Waals surface area (Å²) in [6.45, 7) is 3.64. The van der Waals surface area contributed by atoms with Gasteiger partial charge in [-0.15, -0.1) is 0 Å². The molecule has 0 unspecified atom stereocenters. The van der Waals surface area contributed by atoms with E-state index in [1.807, 2.05) is 47.1 Å². The fourth-order valence-corrected chi connectivity index (χ4v) is 5.05. The second-order valence-corrected chi connectivity index (χ2v) is 9.28. The number of anilines is 1. The average molecular weight is 435 g/mol. The smallest absolute Gasteiger partial charge is 0.140 e. The summed E-state index contributed by atoms with van der Waals surface area (Å²) >= 11 is 0. The van der Waals surface area contributed by atoms with Crippen LogP contribution in [0, 0.1) is 17.2 Å². The zero-order chi connectivity index (χ0) is 22.4. The highest BCUT2D eigenvalue weighted by molar-refractivity contribution is 5.87. The summed E-state index contributed by atoms with van der Waals surface area (Å²) in [4.78, 5) is 7.40. The molecule has 1 aliphatic heterocycles. The van der Waals surface area contributed by atoms with Gasteiger partial charge in [0.2, 0.25) is 0 Å². The molecule has 6 heteroatoms. The highest BCUT2D eigenvalue weighted by atomic mass is 15.3. The molecule has 6 rings (SSSR count). The Morgan fingerprint density at radius 2 is 1.79 bits per heavy atom. The Bertz CT molecular complexity index is 1360. The van der Waals surface area contributed by atoms with E-state index in [9.17, 15) is 5.26 Å². The SMILES string of the molecule is N#Cc1c(-c2ccc3ccc(-c4ccccc4)nc3c2)nn(C2CC(CN3CCC3)C2)c1N. The lowest BCUT2D eigenvalue weighted by atomic mass is 9.79. The van der Waals surface area contributed by atoms with E-state index in [-0.39, 0.29) is 6.04 Å². The normalized spacial score (nSPS) is 20.2. The minimum Gasteiger partial charge on any atom is -0.383 e. The topological polar surface area (TPSA) is 83.8 Å². The molecule has 4 aromatic rings. The number of nitriles is 1. The van der Waals surface area contributed by atoms with Crippen LogP contribution in [0.3, 0.4) is 0 Å². The summed E-state index contributed by atoms with van der Waals surface area (Å²) in [5.74, 6) is 1.18. The molecule has 2 aliphatic rings. The Hall–Kier alpha value is -3.69. The van der Waals surface area contributed by atoms with Gasteiger partial charge in [0.05, 0.1) is 17.3 Å². The highest BCUT2D eigenvalue weighted by Crippen LogP contribution is 2.42. The lowest BCUT2D eigenvalue weighted by Gasteiger charge is -2.41. The maximum atomic E-state index is 9.86. The van der Waals surface area contributed by atoms with Crippen LogP contribution in [-0.2, 0) is 0 Å². The van der Waals surface area contributed by atoms with Gasteiger partial charge >= 0.3 is 0 Å². The molecule has 2 N–H and O–H groups in total. The number of fused-ring (bicyclic) bond motifs is 1. The quantitative estimate of drug-likeness (QED) is 0.484. The monoisotopic (exact) mass is 434 g/mol. The molecule has 33 heavy (non-hydrogen) atoms. The van der Waals surface area contributed by atoms with Crippen LogP contribution in [0.25, 0.3) is 33.4 Å². The summed E-state index contributed by atoms with van der Waals surface area (Å²) in [5.41, 5.74) is 11.3. The molecule has 0 radical (unpaired) electrons. The number of aromatic nitrogens is 3. The predicted molar refractivity (Wildman–Crippen MR) is 130 cm³/mol. The molecule has 1 aliphatic carbocycles. The molecular formula is C27H26N6. The fourth-order valence-electron chi connectivity index (χ4n) is 5.05. The van der Waals surface area contributed by atoms with E-state index in [1.165, 1.54) is 26.1 Å². The van der Waals surface area contributed by atoms with Crippen LogP contribution in [0.15, 0.2) is 60.7 Å². The number of nitrogens with zero attached hydrogens (tertiary/aromatic N) is 5. The third-order valence-electron chi connectivity index (χ3n) is 7.12. The Morgan fingerprint density at radius 1 is 1.00 bits per heavy atom. The number of nitrogen functional groups attached to an aromatic ring is 1. The van der Waals surface area contributed by atoms with Crippen molar-refractivity contribution in [1.82, 2.24) is 19.7 Å². The van der Waals surface area contributed by atoms with Gasteiger partial charge in [-0.3, -0.25) is 0 Å². The van der Waals surface area contributed by atoms with Gasteiger partial charge in [0.1, 0.15) is 23.1 Å². The molecule has 6 nitrogen and oxygen atoms in total. The molecule has 1 saturated carbocycles. The van der Waals surface area contributed by atoms with Gasteiger partial charge in [-0.1, -0.05) is 48.5 Å². The minimum atomic E-state index is 0.278. The van der Waals surface area contributed by atoms with Crippen LogP contribution in [0.5, 0.6) is 0 Å². The van der Waals surface area contributed by atoms with E-state index in [4.69, 9.17) is 15.8 Å². The summed E-state index contributed by atoms with van der Waals surface area (Å²) in [7, 11) is 0. The first-order valence-electron chi connectivity index (χ1n) is 11.7. The number of hydrogen-bond donors (Lipinski definition) is 1. The maximum Gasteiger partial charge on any atom is 0.140 e. The molecular weight excluding hydrogens is 408 g/mol. The van der Waals surface area contributed by atoms with Gasteiger partial charge in [0.25, 0.3) is 0 Å². The van der Waals surface area contributed by atoms with Gasteiger partial charge < -0.3 is 10.6 Å². The third kappa shape index (κ3) is 3.55. The lowest BCUT2D eigenvalue weighted by molar-refractivity contribution is 0.0874. The predicted octanol–water partition coefficient (Wildman–Crippen LogP) is 4.88. The molecule has 0 bridgehead atoms. The van der Waals surface area contributed by atoms with Crippen LogP contribution in [0.1, 0.15) is 30.9 Å². The van der Waals surface area contributed by atoms with Gasteiger partial charge in [-0.2, -0.15) is 10.4 Å². The molecule has 0 amide bonds. The summed E-state index contributed by atoms with van der Waals surface area (Å²) in [6, 6.07) is 22.9. The minimum absolute atomic E-state index is 0.278. The van der Waals surface area contributed by atoms with Gasteiger partial charge in [-0.25, -0.2) is 9.67 Å². The van der Waals surface area contributed by atoms with Crippen LogP contribution in [0.4, 0.5) is 5.82 Å². The van der Waals surface area contributed by atoms with Crippen molar-refractivity contribution in [2.45, 2.75) is 25.3 Å². The molecule has 0 atom stereocenters. The van der Waals surface area contributed by atoms with Crippen molar-refractivity contribution in [2.24, 2.45) is 5.92 Å². The third-order valence-corrected chi connectivity index (χ3v) is 7.12. The molecule has 2 aromatic carbocycles. The number of likely N-dealkylation sites (tertiary alicyclic amines) is 1. The van der Waals surface area contributed by atoms with Crippen molar-refractivity contribution < 1.29 is 0 Å². The second kappa shape index (κ2) is 8.02. The van der Waals surface area contributed by atoms with Crippen molar-refractivity contribution in [3.8, 4) is 28.6 Å². The first kappa shape index (κ1) is 20.0. The summed E-state index contributed by atoms with van der Waals surface area (Å²) in [6.07, 6.45) is 3.48. The molecule has 3 heterocycles. The number of hydrogen-bond acceptors (Lipinski definition) is 5. The fraction of sp³-hybridized carbons (Fsp3) is 0.296. The van der Waals surface area contributed by atoms with Gasteiger partial charge in [0.15, 0.2) is 0 Å². The number of pyridine rings is 1. The Labute approximate surface area is 193 Å². The van der Waals surface area contributed by atoms with Crippen molar-refractivity contribution in [3.63, 3.8) is 0 Å². The Morgan fingerprint density at radius 3 is 2.52 bits per heavy atom. The van der Waals surface area contributed by atoms with Crippen molar-refractivity contribution in [1.29, 1.82) is 5.26 Å². The van der Waals surface area contributed by atoms with E-state index in [0.29, 0.717) is 23.0 Å². The zero-order valence-electron chi connectivity index (χ0n) is 18.5. The standard InChI is InChI=1S/C27H26N6/c28-16-23-26(31-33(27(23)29)22-13-18(14-22)17-32-11-4-12-32)21-8-7-20-9-10-24(30-25(20)15-21)19-5-2-1-3-6-19/h1-3,5-10,15,18,22H,4,11-14,17,29H2. The highest BCUT2D eigenvalue weighted by Gasteiger charge is 2.35. The molecule has 2 fully saturated rings. The first-order chi connectivity index (χ1) is 16.2. The van der Waals surface area contributed by atoms with E-state index >= 15 is 0 Å². The van der Waals surface area contributed by atoms with Crippen LogP contribution >= 0.6 is 0 Å². The van der Waals surface area contributed by atoms with Crippen LogP contribution in [-0.4, -0.2) is 39.3 Å². The van der Waals surface area contributed by atoms with E-state index in [1.54, 1.807) is 0 Å². The number of rotatable bonds is 5. The average Bonchev–Trinajstić information content (AvgIpc) is 3.12. The zero-order valence-corrected chi connectivity index (χ0v) is 18.5. The Kier molecular flexibility index (Phi) is 4.85. The van der Waals surface area contributed by atoms with E-state index in [0.717, 1.165) is 40.6 Å². The Balaban J connectivity index is 1.31. The van der Waals surface area contributed by atoms with Crippen LogP contribution < -0.4 is 5.73 Å². The maximum absolute atomic E-state index is 9.86. The summed E-state index contributed by atoms with van der Waals surface area (Å²) < 4.78 is 1.89. The van der Waals surface area contributed by atoms with Crippen molar-refractivity contribution in [2.75, 3.05) is 25.4 Å². The molecule has 1 saturated heterocycles. The number of benzene rings is 2. The first-order valence-corrected chi connectivity index (χ1v) is 11.7. The van der Waals surface area contributed by atoms with Gasteiger partial charge in [-0.05, 0) is 50.4 Å². The largest absolute Gasteiger partial charge is 0.383 e. The number of nitrogens with two attached hydrogens (primary N) is 1. The van der Waals surface area contributed by atoms with Crippen molar-refractivity contribution in [3.05, 3.63) is 66.2 Å². The van der Waals surface area contributed by atoms with Gasteiger partial charge in [0, 0.05) is 23.1 Å². The molecule has 0 spiro atoms.